The van der Waals surface area contributed by atoms with Crippen molar-refractivity contribution in [3.63, 3.8) is 0 Å². The maximum atomic E-state index is 12.5. The minimum atomic E-state index is -0.731. The number of carbonyl (C=O) groups is 2. The van der Waals surface area contributed by atoms with E-state index < -0.39 is 6.10 Å². The predicted molar refractivity (Wildman–Crippen MR) is 105 cm³/mol. The van der Waals surface area contributed by atoms with Gasteiger partial charge >= 0.3 is 0 Å². The zero-order valence-electron chi connectivity index (χ0n) is 16.1. The van der Waals surface area contributed by atoms with E-state index in [1.165, 1.54) is 0 Å². The highest BCUT2D eigenvalue weighted by atomic mass is 16.5. The van der Waals surface area contributed by atoms with Gasteiger partial charge in [0.05, 0.1) is 18.4 Å². The summed E-state index contributed by atoms with van der Waals surface area (Å²) in [7, 11) is 1.58. The van der Waals surface area contributed by atoms with Crippen molar-refractivity contribution in [3.8, 4) is 11.5 Å². The lowest BCUT2D eigenvalue weighted by Gasteiger charge is -2.17. The Kier molecular flexibility index (Phi) is 7.23. The van der Waals surface area contributed by atoms with E-state index in [1.807, 2.05) is 13.8 Å². The zero-order chi connectivity index (χ0) is 19.8. The van der Waals surface area contributed by atoms with Crippen LogP contribution in [0.1, 0.15) is 31.1 Å². The molecule has 0 heterocycles. The molecular weight excluding hydrogens is 344 g/mol. The van der Waals surface area contributed by atoms with Crippen molar-refractivity contribution in [1.82, 2.24) is 5.32 Å². The second kappa shape index (κ2) is 9.62. The molecule has 27 heavy (non-hydrogen) atoms. The molecule has 2 N–H and O–H groups in total. The molecule has 0 aliphatic carbocycles. The van der Waals surface area contributed by atoms with Crippen molar-refractivity contribution in [2.45, 2.75) is 26.9 Å². The van der Waals surface area contributed by atoms with Crippen molar-refractivity contribution >= 4 is 17.5 Å². The largest absolute Gasteiger partial charge is 0.497 e. The monoisotopic (exact) mass is 370 g/mol. The molecule has 1 atom stereocenters. The quantitative estimate of drug-likeness (QED) is 0.746. The summed E-state index contributed by atoms with van der Waals surface area (Å²) in [4.78, 5) is 24.9. The van der Waals surface area contributed by atoms with Crippen LogP contribution in [0.2, 0.25) is 0 Å². The first-order valence-electron chi connectivity index (χ1n) is 8.89. The molecule has 0 saturated heterocycles. The summed E-state index contributed by atoms with van der Waals surface area (Å²) in [6, 6.07) is 13.9. The standard InChI is InChI=1S/C21H26N2O4/c1-14(2)13-22-21(25)18-7-5-6-8-19(18)23-20(24)15(3)27-17-11-9-16(26-4)10-12-17/h5-12,14-15H,13H2,1-4H3,(H,22,25)(H,23,24)/t15-/m0/s1. The Hall–Kier alpha value is -3.02. The van der Waals surface area contributed by atoms with E-state index in [-0.39, 0.29) is 11.8 Å². The predicted octanol–water partition coefficient (Wildman–Crippen LogP) is 3.49. The molecular formula is C21H26N2O4. The maximum absolute atomic E-state index is 12.5. The van der Waals surface area contributed by atoms with Crippen LogP contribution in [0.15, 0.2) is 48.5 Å². The van der Waals surface area contributed by atoms with Crippen molar-refractivity contribution in [1.29, 1.82) is 0 Å². The minimum absolute atomic E-state index is 0.219. The van der Waals surface area contributed by atoms with Gasteiger partial charge in [-0.3, -0.25) is 9.59 Å². The molecule has 6 nitrogen and oxygen atoms in total. The molecule has 144 valence electrons. The maximum Gasteiger partial charge on any atom is 0.265 e. The van der Waals surface area contributed by atoms with Gasteiger partial charge in [-0.05, 0) is 49.2 Å². The number of hydrogen-bond donors (Lipinski definition) is 2. The van der Waals surface area contributed by atoms with Crippen LogP contribution < -0.4 is 20.1 Å². The number of amides is 2. The number of carbonyl (C=O) groups excluding carboxylic acids is 2. The van der Waals surface area contributed by atoms with Gasteiger partial charge in [0, 0.05) is 6.54 Å². The smallest absolute Gasteiger partial charge is 0.265 e. The molecule has 2 amide bonds. The Bertz CT molecular complexity index is 772. The number of hydrogen-bond acceptors (Lipinski definition) is 4. The molecule has 0 radical (unpaired) electrons. The Balaban J connectivity index is 2.02. The Morgan fingerprint density at radius 1 is 0.963 bits per heavy atom. The summed E-state index contributed by atoms with van der Waals surface area (Å²) in [6.45, 7) is 6.26. The number of rotatable bonds is 8. The van der Waals surface area contributed by atoms with Crippen LogP contribution in [0.4, 0.5) is 5.69 Å². The van der Waals surface area contributed by atoms with Crippen LogP contribution >= 0.6 is 0 Å². The minimum Gasteiger partial charge on any atom is -0.497 e. The van der Waals surface area contributed by atoms with Crippen molar-refractivity contribution in [2.75, 3.05) is 19.0 Å². The Morgan fingerprint density at radius 2 is 1.59 bits per heavy atom. The highest BCUT2D eigenvalue weighted by molar-refractivity contribution is 6.04. The van der Waals surface area contributed by atoms with Gasteiger partial charge in [-0.25, -0.2) is 0 Å². The highest BCUT2D eigenvalue weighted by Gasteiger charge is 2.18. The fraction of sp³-hybridized carbons (Fsp3) is 0.333. The van der Waals surface area contributed by atoms with Crippen molar-refractivity contribution < 1.29 is 19.1 Å². The van der Waals surface area contributed by atoms with Gasteiger partial charge in [-0.1, -0.05) is 26.0 Å². The molecule has 0 spiro atoms. The molecule has 2 aromatic rings. The third-order valence-electron chi connectivity index (χ3n) is 3.84. The lowest BCUT2D eigenvalue weighted by molar-refractivity contribution is -0.122. The third kappa shape index (κ3) is 6.02. The number of nitrogens with one attached hydrogen (secondary N) is 2. The molecule has 0 saturated carbocycles. The second-order valence-corrected chi connectivity index (χ2v) is 6.57. The normalized spacial score (nSPS) is 11.6. The van der Waals surface area contributed by atoms with Gasteiger partial charge in [0.25, 0.3) is 11.8 Å². The second-order valence-electron chi connectivity index (χ2n) is 6.57. The average molecular weight is 370 g/mol. The molecule has 0 aliphatic heterocycles. The van der Waals surface area contributed by atoms with E-state index in [9.17, 15) is 9.59 Å². The van der Waals surface area contributed by atoms with E-state index in [0.29, 0.717) is 35.2 Å². The van der Waals surface area contributed by atoms with E-state index in [2.05, 4.69) is 10.6 Å². The average Bonchev–Trinajstić information content (AvgIpc) is 2.67. The van der Waals surface area contributed by atoms with Crippen LogP contribution in [0, 0.1) is 5.92 Å². The molecule has 6 heteroatoms. The van der Waals surface area contributed by atoms with Crippen LogP contribution in [-0.2, 0) is 4.79 Å². The highest BCUT2D eigenvalue weighted by Crippen LogP contribution is 2.19. The number of anilines is 1. The van der Waals surface area contributed by atoms with Gasteiger partial charge in [0.15, 0.2) is 6.10 Å². The van der Waals surface area contributed by atoms with Crippen LogP contribution in [0.3, 0.4) is 0 Å². The number of ether oxygens (including phenoxy) is 2. The molecule has 0 aromatic heterocycles. The Labute approximate surface area is 159 Å². The topological polar surface area (TPSA) is 76.7 Å². The van der Waals surface area contributed by atoms with Gasteiger partial charge in [-0.2, -0.15) is 0 Å². The van der Waals surface area contributed by atoms with Gasteiger partial charge < -0.3 is 20.1 Å². The van der Waals surface area contributed by atoms with Gasteiger partial charge in [0.1, 0.15) is 11.5 Å². The third-order valence-corrected chi connectivity index (χ3v) is 3.84. The summed E-state index contributed by atoms with van der Waals surface area (Å²) in [5.41, 5.74) is 0.872. The molecule has 2 aromatic carbocycles. The summed E-state index contributed by atoms with van der Waals surface area (Å²) >= 11 is 0. The first kappa shape index (κ1) is 20.3. The fourth-order valence-corrected chi connectivity index (χ4v) is 2.33. The number of methoxy groups -OCH3 is 1. The first-order chi connectivity index (χ1) is 12.9. The van der Waals surface area contributed by atoms with E-state index in [4.69, 9.17) is 9.47 Å². The van der Waals surface area contributed by atoms with E-state index in [0.717, 1.165) is 0 Å². The van der Waals surface area contributed by atoms with Crippen LogP contribution in [-0.4, -0.2) is 31.6 Å². The van der Waals surface area contributed by atoms with E-state index >= 15 is 0 Å². The van der Waals surface area contributed by atoms with Crippen molar-refractivity contribution in [2.24, 2.45) is 5.92 Å². The summed E-state index contributed by atoms with van der Waals surface area (Å²) in [6.07, 6.45) is -0.731. The number of benzene rings is 2. The van der Waals surface area contributed by atoms with Crippen LogP contribution in [0.5, 0.6) is 11.5 Å². The number of para-hydroxylation sites is 1. The molecule has 0 fully saturated rings. The van der Waals surface area contributed by atoms with Crippen LogP contribution in [0.25, 0.3) is 0 Å². The molecule has 2 rings (SSSR count). The molecule has 0 aliphatic rings. The van der Waals surface area contributed by atoms with Gasteiger partial charge in [-0.15, -0.1) is 0 Å². The molecule has 0 unspecified atom stereocenters. The molecule has 0 bridgehead atoms. The first-order valence-corrected chi connectivity index (χ1v) is 8.89. The fourth-order valence-electron chi connectivity index (χ4n) is 2.33. The lowest BCUT2D eigenvalue weighted by atomic mass is 10.1. The van der Waals surface area contributed by atoms with E-state index in [1.54, 1.807) is 62.6 Å². The SMILES string of the molecule is COc1ccc(O[C@@H](C)C(=O)Nc2ccccc2C(=O)NCC(C)C)cc1. The summed E-state index contributed by atoms with van der Waals surface area (Å²) in [5, 5.41) is 5.63. The summed E-state index contributed by atoms with van der Waals surface area (Å²) in [5.74, 6) is 1.05. The Morgan fingerprint density at radius 3 is 2.22 bits per heavy atom. The lowest BCUT2D eigenvalue weighted by Crippen LogP contribution is -2.32. The van der Waals surface area contributed by atoms with Crippen molar-refractivity contribution in [3.05, 3.63) is 54.1 Å². The zero-order valence-corrected chi connectivity index (χ0v) is 16.1. The summed E-state index contributed by atoms with van der Waals surface area (Å²) < 4.78 is 10.8. The van der Waals surface area contributed by atoms with Gasteiger partial charge in [0.2, 0.25) is 0 Å².